The van der Waals surface area contributed by atoms with Gasteiger partial charge in [-0.2, -0.15) is 0 Å². The smallest absolute Gasteiger partial charge is 0.261 e. The van der Waals surface area contributed by atoms with Crippen LogP contribution in [0.15, 0.2) is 71.3 Å². The average molecular weight is 374 g/mol. The maximum atomic E-state index is 12.7. The molecule has 0 saturated heterocycles. The Morgan fingerprint density at radius 3 is 2.32 bits per heavy atom. The average Bonchev–Trinajstić information content (AvgIpc) is 3.31. The maximum absolute atomic E-state index is 12.7. The zero-order valence-electron chi connectivity index (χ0n) is 15.3. The monoisotopic (exact) mass is 374 g/mol. The van der Waals surface area contributed by atoms with E-state index in [2.05, 4.69) is 0 Å². The first kappa shape index (κ1) is 17.7. The number of rotatable bonds is 5. The summed E-state index contributed by atoms with van der Waals surface area (Å²) in [5.41, 5.74) is 2.03. The second kappa shape index (κ2) is 7.15. The van der Waals surface area contributed by atoms with Crippen molar-refractivity contribution >= 4 is 17.7 Å². The highest BCUT2D eigenvalue weighted by atomic mass is 16.3. The number of hydrogen-bond acceptors (Lipinski definition) is 4. The largest absolute Gasteiger partial charge is 0.467 e. The first-order valence-electron chi connectivity index (χ1n) is 8.86. The van der Waals surface area contributed by atoms with E-state index in [9.17, 15) is 14.4 Å². The lowest BCUT2D eigenvalue weighted by Gasteiger charge is -2.17. The molecule has 0 bridgehead atoms. The molecule has 3 aromatic rings. The lowest BCUT2D eigenvalue weighted by molar-refractivity contribution is 0.0642. The van der Waals surface area contributed by atoms with Gasteiger partial charge >= 0.3 is 0 Å². The van der Waals surface area contributed by atoms with E-state index < -0.39 is 0 Å². The first-order chi connectivity index (χ1) is 13.5. The quantitative estimate of drug-likeness (QED) is 0.642. The summed E-state index contributed by atoms with van der Waals surface area (Å²) >= 11 is 0. The van der Waals surface area contributed by atoms with Gasteiger partial charge in [-0.15, -0.1) is 0 Å². The van der Waals surface area contributed by atoms with Gasteiger partial charge in [-0.1, -0.05) is 24.3 Å². The Balaban J connectivity index is 1.51. The van der Waals surface area contributed by atoms with Gasteiger partial charge < -0.3 is 9.32 Å². The van der Waals surface area contributed by atoms with Crippen molar-refractivity contribution < 1.29 is 18.8 Å². The molecule has 3 amide bonds. The van der Waals surface area contributed by atoms with Crippen molar-refractivity contribution in [2.45, 2.75) is 13.1 Å². The maximum Gasteiger partial charge on any atom is 0.261 e. The number of amides is 3. The third-order valence-electron chi connectivity index (χ3n) is 4.71. The molecule has 0 aliphatic carbocycles. The van der Waals surface area contributed by atoms with Crippen LogP contribution in [0.3, 0.4) is 0 Å². The number of imide groups is 1. The Morgan fingerprint density at radius 2 is 1.68 bits per heavy atom. The standard InChI is InChI=1S/C22H18N2O4/c1-23(14-17-8-5-11-28-17)20(25)16-7-4-6-15(12-16)13-24-21(26)18-9-2-3-10-19(18)22(24)27/h2-12H,13-14H2,1H3. The van der Waals surface area contributed by atoms with Crippen LogP contribution in [0, 0.1) is 0 Å². The molecule has 1 aliphatic rings. The summed E-state index contributed by atoms with van der Waals surface area (Å²) in [4.78, 5) is 40.5. The normalized spacial score (nSPS) is 13.0. The number of fused-ring (bicyclic) bond motifs is 1. The highest BCUT2D eigenvalue weighted by molar-refractivity contribution is 6.21. The lowest BCUT2D eigenvalue weighted by Crippen LogP contribution is -2.29. The zero-order chi connectivity index (χ0) is 19.7. The SMILES string of the molecule is CN(Cc1ccco1)C(=O)c1cccc(CN2C(=O)c3ccccc3C2=O)c1. The molecular formula is C22H18N2O4. The summed E-state index contributed by atoms with van der Waals surface area (Å²) in [6, 6.07) is 17.3. The Bertz CT molecular complexity index is 1020. The molecule has 0 fully saturated rings. The fourth-order valence-electron chi connectivity index (χ4n) is 3.30. The second-order valence-corrected chi connectivity index (χ2v) is 6.68. The van der Waals surface area contributed by atoms with Gasteiger partial charge in [0.25, 0.3) is 17.7 Å². The van der Waals surface area contributed by atoms with Crippen LogP contribution in [0.5, 0.6) is 0 Å². The fraction of sp³-hybridized carbons (Fsp3) is 0.136. The van der Waals surface area contributed by atoms with Crippen LogP contribution < -0.4 is 0 Å². The Kier molecular flexibility index (Phi) is 4.53. The topological polar surface area (TPSA) is 70.8 Å². The van der Waals surface area contributed by atoms with Crippen LogP contribution in [0.25, 0.3) is 0 Å². The van der Waals surface area contributed by atoms with Gasteiger partial charge in [-0.25, -0.2) is 0 Å². The van der Waals surface area contributed by atoms with Gasteiger partial charge in [0.1, 0.15) is 5.76 Å². The van der Waals surface area contributed by atoms with Crippen molar-refractivity contribution in [3.05, 3.63) is 94.9 Å². The number of furan rings is 1. The lowest BCUT2D eigenvalue weighted by atomic mass is 10.1. The number of carbonyl (C=O) groups is 3. The van der Waals surface area contributed by atoms with E-state index in [1.54, 1.807) is 72.8 Å². The third-order valence-corrected chi connectivity index (χ3v) is 4.71. The molecule has 0 radical (unpaired) electrons. The van der Waals surface area contributed by atoms with Gasteiger partial charge in [0.05, 0.1) is 30.5 Å². The highest BCUT2D eigenvalue weighted by Gasteiger charge is 2.35. The van der Waals surface area contributed by atoms with E-state index in [0.29, 0.717) is 34.6 Å². The molecule has 0 unspecified atom stereocenters. The summed E-state index contributed by atoms with van der Waals surface area (Å²) in [5.74, 6) is -0.0989. The number of hydrogen-bond donors (Lipinski definition) is 0. The molecule has 0 saturated carbocycles. The number of carbonyl (C=O) groups excluding carboxylic acids is 3. The van der Waals surface area contributed by atoms with Crippen molar-refractivity contribution in [1.82, 2.24) is 9.80 Å². The highest BCUT2D eigenvalue weighted by Crippen LogP contribution is 2.24. The molecule has 6 heteroatoms. The number of benzene rings is 2. The molecule has 4 rings (SSSR count). The molecule has 28 heavy (non-hydrogen) atoms. The van der Waals surface area contributed by atoms with Crippen molar-refractivity contribution in [3.63, 3.8) is 0 Å². The summed E-state index contributed by atoms with van der Waals surface area (Å²) in [7, 11) is 1.70. The molecule has 0 spiro atoms. The summed E-state index contributed by atoms with van der Waals surface area (Å²) < 4.78 is 5.28. The van der Waals surface area contributed by atoms with E-state index in [4.69, 9.17) is 4.42 Å². The molecule has 6 nitrogen and oxygen atoms in total. The predicted molar refractivity (Wildman–Crippen MR) is 102 cm³/mol. The van der Waals surface area contributed by atoms with Crippen molar-refractivity contribution in [2.24, 2.45) is 0 Å². The van der Waals surface area contributed by atoms with Crippen LogP contribution in [0.2, 0.25) is 0 Å². The Hall–Kier alpha value is -3.67. The van der Waals surface area contributed by atoms with Crippen LogP contribution in [-0.4, -0.2) is 34.6 Å². The van der Waals surface area contributed by atoms with Gasteiger partial charge in [0.2, 0.25) is 0 Å². The van der Waals surface area contributed by atoms with Crippen molar-refractivity contribution in [2.75, 3.05) is 7.05 Å². The van der Waals surface area contributed by atoms with Crippen LogP contribution in [-0.2, 0) is 13.1 Å². The van der Waals surface area contributed by atoms with Crippen LogP contribution >= 0.6 is 0 Å². The second-order valence-electron chi connectivity index (χ2n) is 6.68. The number of nitrogens with zero attached hydrogens (tertiary/aromatic N) is 2. The Labute approximate surface area is 162 Å². The molecule has 0 atom stereocenters. The van der Waals surface area contributed by atoms with Crippen molar-refractivity contribution in [3.8, 4) is 0 Å². The summed E-state index contributed by atoms with van der Waals surface area (Å²) in [5, 5.41) is 0. The van der Waals surface area contributed by atoms with E-state index in [1.807, 2.05) is 6.07 Å². The summed E-state index contributed by atoms with van der Waals surface area (Å²) in [6.07, 6.45) is 1.57. The molecule has 1 aromatic heterocycles. The van der Waals surface area contributed by atoms with Gasteiger partial charge in [0.15, 0.2) is 0 Å². The molecule has 140 valence electrons. The van der Waals surface area contributed by atoms with Gasteiger partial charge in [-0.05, 0) is 42.0 Å². The van der Waals surface area contributed by atoms with Crippen molar-refractivity contribution in [1.29, 1.82) is 0 Å². The van der Waals surface area contributed by atoms with E-state index >= 15 is 0 Å². The summed E-state index contributed by atoms with van der Waals surface area (Å²) in [6.45, 7) is 0.476. The first-order valence-corrected chi connectivity index (χ1v) is 8.86. The van der Waals surface area contributed by atoms with Crippen LogP contribution in [0.4, 0.5) is 0 Å². The van der Waals surface area contributed by atoms with Gasteiger partial charge in [-0.3, -0.25) is 19.3 Å². The minimum absolute atomic E-state index is 0.120. The molecule has 2 heterocycles. The molecule has 0 N–H and O–H groups in total. The minimum atomic E-state index is -0.313. The fourth-order valence-corrected chi connectivity index (χ4v) is 3.30. The molecule has 1 aliphatic heterocycles. The van der Waals surface area contributed by atoms with Gasteiger partial charge in [0, 0.05) is 12.6 Å². The third kappa shape index (κ3) is 3.20. The van der Waals surface area contributed by atoms with Crippen LogP contribution in [0.1, 0.15) is 42.4 Å². The molecular weight excluding hydrogens is 356 g/mol. The zero-order valence-corrected chi connectivity index (χ0v) is 15.3. The minimum Gasteiger partial charge on any atom is -0.467 e. The van der Waals surface area contributed by atoms with E-state index in [1.165, 1.54) is 4.90 Å². The predicted octanol–water partition coefficient (Wildman–Crippen LogP) is 3.35. The molecule has 2 aromatic carbocycles. The Morgan fingerprint density at radius 1 is 0.964 bits per heavy atom. The van der Waals surface area contributed by atoms with E-state index in [-0.39, 0.29) is 24.3 Å². The van der Waals surface area contributed by atoms with E-state index in [0.717, 1.165) is 0 Å².